The van der Waals surface area contributed by atoms with Gasteiger partial charge in [-0.15, -0.1) is 0 Å². The smallest absolute Gasteiger partial charge is 0.124 e. The van der Waals surface area contributed by atoms with Gasteiger partial charge in [-0.25, -0.2) is 4.39 Å². The van der Waals surface area contributed by atoms with Crippen LogP contribution in [0.1, 0.15) is 29.2 Å². The molecule has 0 radical (unpaired) electrons. The van der Waals surface area contributed by atoms with Crippen LogP contribution in [0.15, 0.2) is 42.5 Å². The first-order valence-corrected chi connectivity index (χ1v) is 6.67. The second kappa shape index (κ2) is 6.53. The maximum absolute atomic E-state index is 13.3. The van der Waals surface area contributed by atoms with Crippen molar-refractivity contribution in [3.63, 3.8) is 0 Å². The molecule has 106 valence electrons. The number of aliphatic hydroxyl groups is 1. The zero-order valence-electron chi connectivity index (χ0n) is 11.8. The van der Waals surface area contributed by atoms with Gasteiger partial charge in [-0.1, -0.05) is 29.8 Å². The third-order valence-electron chi connectivity index (χ3n) is 3.38. The lowest BCUT2D eigenvalue weighted by Gasteiger charge is -2.15. The number of hydrogen-bond acceptors (Lipinski definition) is 2. The Balaban J connectivity index is 2.06. The minimum atomic E-state index is -0.734. The summed E-state index contributed by atoms with van der Waals surface area (Å²) in [5.74, 6) is 0.151. The molecule has 0 saturated heterocycles. The fourth-order valence-electron chi connectivity index (χ4n) is 2.18. The van der Waals surface area contributed by atoms with E-state index in [0.717, 1.165) is 12.0 Å². The monoisotopic (exact) mass is 274 g/mol. The second-order valence-corrected chi connectivity index (χ2v) is 4.93. The third kappa shape index (κ3) is 3.58. The average Bonchev–Trinajstić information content (AvgIpc) is 2.46. The van der Waals surface area contributed by atoms with E-state index in [-0.39, 0.29) is 5.82 Å². The van der Waals surface area contributed by atoms with Crippen molar-refractivity contribution in [3.05, 3.63) is 65.0 Å². The lowest BCUT2D eigenvalue weighted by molar-refractivity contribution is 0.163. The molecule has 2 aromatic rings. The Morgan fingerprint density at radius 3 is 2.50 bits per heavy atom. The second-order valence-electron chi connectivity index (χ2n) is 4.93. The van der Waals surface area contributed by atoms with Crippen LogP contribution in [0.5, 0.6) is 5.75 Å². The minimum absolute atomic E-state index is 0.366. The minimum Gasteiger partial charge on any atom is -0.496 e. The molecule has 0 aliphatic rings. The van der Waals surface area contributed by atoms with E-state index in [0.29, 0.717) is 17.7 Å². The highest BCUT2D eigenvalue weighted by atomic mass is 19.1. The van der Waals surface area contributed by atoms with Crippen LogP contribution < -0.4 is 4.74 Å². The van der Waals surface area contributed by atoms with E-state index in [2.05, 4.69) is 0 Å². The van der Waals surface area contributed by atoms with Gasteiger partial charge >= 0.3 is 0 Å². The maximum atomic E-state index is 13.3. The van der Waals surface area contributed by atoms with Gasteiger partial charge in [0.1, 0.15) is 11.6 Å². The van der Waals surface area contributed by atoms with Gasteiger partial charge < -0.3 is 9.84 Å². The van der Waals surface area contributed by atoms with E-state index in [1.54, 1.807) is 6.07 Å². The molecule has 2 nitrogen and oxygen atoms in total. The summed E-state index contributed by atoms with van der Waals surface area (Å²) in [6.07, 6.45) is 0.534. The Hall–Kier alpha value is -1.87. The summed E-state index contributed by atoms with van der Waals surface area (Å²) in [5.41, 5.74) is 2.87. The van der Waals surface area contributed by atoms with Crippen LogP contribution >= 0.6 is 0 Å². The first kappa shape index (κ1) is 14.5. The summed E-state index contributed by atoms with van der Waals surface area (Å²) in [6.45, 7) is 2.04. The Bertz CT molecular complexity index is 564. The predicted molar refractivity (Wildman–Crippen MR) is 77.4 cm³/mol. The predicted octanol–water partition coefficient (Wildman–Crippen LogP) is 3.81. The highest BCUT2D eigenvalue weighted by molar-refractivity contribution is 5.35. The normalized spacial score (nSPS) is 12.2. The highest BCUT2D eigenvalue weighted by Crippen LogP contribution is 2.28. The fourth-order valence-corrected chi connectivity index (χ4v) is 2.18. The van der Waals surface area contributed by atoms with E-state index < -0.39 is 6.10 Å². The van der Waals surface area contributed by atoms with Crippen molar-refractivity contribution in [2.75, 3.05) is 7.11 Å². The Labute approximate surface area is 118 Å². The van der Waals surface area contributed by atoms with E-state index in [4.69, 9.17) is 4.74 Å². The van der Waals surface area contributed by atoms with Crippen LogP contribution in [0.25, 0.3) is 0 Å². The van der Waals surface area contributed by atoms with Crippen LogP contribution in [-0.4, -0.2) is 12.2 Å². The summed E-state index contributed by atoms with van der Waals surface area (Å²) in [6, 6.07) is 12.4. The summed E-state index contributed by atoms with van der Waals surface area (Å²) in [4.78, 5) is 0. The quantitative estimate of drug-likeness (QED) is 0.898. The van der Waals surface area contributed by atoms with E-state index >= 15 is 0 Å². The molecule has 2 rings (SSSR count). The maximum Gasteiger partial charge on any atom is 0.124 e. The Kier molecular flexibility index (Phi) is 4.74. The number of ether oxygens (including phenoxy) is 1. The van der Waals surface area contributed by atoms with Gasteiger partial charge in [-0.2, -0.15) is 0 Å². The lowest BCUT2D eigenvalue weighted by atomic mass is 10.00. The van der Waals surface area contributed by atoms with Gasteiger partial charge in [-0.05, 0) is 43.5 Å². The van der Waals surface area contributed by atoms with Crippen molar-refractivity contribution < 1.29 is 14.2 Å². The van der Waals surface area contributed by atoms with Crippen LogP contribution in [0.3, 0.4) is 0 Å². The van der Waals surface area contributed by atoms with Crippen LogP contribution in [-0.2, 0) is 6.42 Å². The summed E-state index contributed by atoms with van der Waals surface area (Å²) in [5, 5.41) is 10.2. The molecule has 0 spiro atoms. The van der Waals surface area contributed by atoms with Gasteiger partial charge in [-0.3, -0.25) is 0 Å². The zero-order valence-corrected chi connectivity index (χ0v) is 11.8. The number of aliphatic hydroxyl groups excluding tert-OH is 1. The zero-order chi connectivity index (χ0) is 14.5. The van der Waals surface area contributed by atoms with Crippen LogP contribution in [0, 0.1) is 12.7 Å². The van der Waals surface area contributed by atoms with Crippen molar-refractivity contribution in [2.24, 2.45) is 0 Å². The van der Waals surface area contributed by atoms with E-state index in [9.17, 15) is 9.50 Å². The number of benzene rings is 2. The molecular weight excluding hydrogens is 255 g/mol. The van der Waals surface area contributed by atoms with E-state index in [1.807, 2.05) is 31.2 Å². The molecule has 1 unspecified atom stereocenters. The molecular formula is C17H19FO2. The van der Waals surface area contributed by atoms with Crippen molar-refractivity contribution in [1.82, 2.24) is 0 Å². The number of methoxy groups -OCH3 is 1. The number of halogens is 1. The number of aryl methyl sites for hydroxylation is 2. The molecule has 1 atom stereocenters. The molecule has 1 N–H and O–H groups in total. The van der Waals surface area contributed by atoms with E-state index in [1.165, 1.54) is 24.8 Å². The standard InChI is InChI=1S/C17H19FO2/c1-12-3-5-13(6-4-12)7-9-16(19)15-11-14(18)8-10-17(15)20-2/h3-6,8,10-11,16,19H,7,9H2,1-2H3. The lowest BCUT2D eigenvalue weighted by Crippen LogP contribution is -2.03. The van der Waals surface area contributed by atoms with Crippen LogP contribution in [0.4, 0.5) is 4.39 Å². The highest BCUT2D eigenvalue weighted by Gasteiger charge is 2.14. The van der Waals surface area contributed by atoms with Crippen molar-refractivity contribution in [3.8, 4) is 5.75 Å². The van der Waals surface area contributed by atoms with Crippen molar-refractivity contribution >= 4 is 0 Å². The Morgan fingerprint density at radius 2 is 1.85 bits per heavy atom. The first-order valence-electron chi connectivity index (χ1n) is 6.67. The molecule has 0 aromatic heterocycles. The average molecular weight is 274 g/mol. The van der Waals surface area contributed by atoms with Gasteiger partial charge in [0.2, 0.25) is 0 Å². The molecule has 0 heterocycles. The van der Waals surface area contributed by atoms with Gasteiger partial charge in [0.05, 0.1) is 13.2 Å². The molecule has 3 heteroatoms. The molecule has 2 aromatic carbocycles. The summed E-state index contributed by atoms with van der Waals surface area (Å²) >= 11 is 0. The molecule has 0 bridgehead atoms. The molecule has 0 amide bonds. The molecule has 20 heavy (non-hydrogen) atoms. The third-order valence-corrected chi connectivity index (χ3v) is 3.38. The summed E-state index contributed by atoms with van der Waals surface area (Å²) in [7, 11) is 1.52. The number of hydrogen-bond donors (Lipinski definition) is 1. The molecule has 0 saturated carbocycles. The summed E-state index contributed by atoms with van der Waals surface area (Å²) < 4.78 is 18.4. The molecule has 0 aliphatic heterocycles. The molecule has 0 fully saturated rings. The van der Waals surface area contributed by atoms with Crippen LogP contribution in [0.2, 0.25) is 0 Å². The SMILES string of the molecule is COc1ccc(F)cc1C(O)CCc1ccc(C)cc1. The van der Waals surface area contributed by atoms with Gasteiger partial charge in [0.15, 0.2) is 0 Å². The Morgan fingerprint density at radius 1 is 1.15 bits per heavy atom. The van der Waals surface area contributed by atoms with Gasteiger partial charge in [0, 0.05) is 5.56 Å². The van der Waals surface area contributed by atoms with Gasteiger partial charge in [0.25, 0.3) is 0 Å². The molecule has 0 aliphatic carbocycles. The first-order chi connectivity index (χ1) is 9.60. The topological polar surface area (TPSA) is 29.5 Å². The fraction of sp³-hybridized carbons (Fsp3) is 0.294. The largest absolute Gasteiger partial charge is 0.496 e. The van der Waals surface area contributed by atoms with Crippen molar-refractivity contribution in [1.29, 1.82) is 0 Å². The number of rotatable bonds is 5. The van der Waals surface area contributed by atoms with Crippen molar-refractivity contribution in [2.45, 2.75) is 25.9 Å².